The largest absolute Gasteiger partial charge is 0.327 e. The zero-order valence-electron chi connectivity index (χ0n) is 8.66. The van der Waals surface area contributed by atoms with E-state index in [0.717, 1.165) is 19.5 Å². The first kappa shape index (κ1) is 12.2. The highest BCUT2D eigenvalue weighted by Crippen LogP contribution is 2.20. The SMILES string of the molecule is CCC(N)CN(C)Cc1cc(Br)cs1. The average molecular weight is 277 g/mol. The van der Waals surface area contributed by atoms with Gasteiger partial charge in [-0.1, -0.05) is 6.92 Å². The van der Waals surface area contributed by atoms with Crippen LogP contribution >= 0.6 is 27.3 Å². The van der Waals surface area contributed by atoms with Crippen molar-refractivity contribution in [2.45, 2.75) is 25.9 Å². The van der Waals surface area contributed by atoms with Crippen LogP contribution in [-0.2, 0) is 6.54 Å². The molecule has 0 aliphatic rings. The van der Waals surface area contributed by atoms with Crippen LogP contribution < -0.4 is 5.73 Å². The van der Waals surface area contributed by atoms with Crippen LogP contribution in [0.5, 0.6) is 0 Å². The standard InChI is InChI=1S/C10H17BrN2S/c1-3-9(12)5-13(2)6-10-4-8(11)7-14-10/h4,7,9H,3,5-6,12H2,1-2H3. The number of nitrogens with zero attached hydrogens (tertiary/aromatic N) is 1. The van der Waals surface area contributed by atoms with Crippen LogP contribution in [0.2, 0.25) is 0 Å². The molecule has 1 aromatic heterocycles. The Morgan fingerprint density at radius 2 is 2.36 bits per heavy atom. The summed E-state index contributed by atoms with van der Waals surface area (Å²) >= 11 is 5.24. The molecule has 1 rings (SSSR count). The van der Waals surface area contributed by atoms with Crippen molar-refractivity contribution in [1.82, 2.24) is 4.90 Å². The second kappa shape index (κ2) is 5.85. The molecule has 80 valence electrons. The summed E-state index contributed by atoms with van der Waals surface area (Å²) in [7, 11) is 2.11. The normalized spacial score (nSPS) is 13.5. The van der Waals surface area contributed by atoms with Gasteiger partial charge in [-0.25, -0.2) is 0 Å². The maximum absolute atomic E-state index is 5.89. The molecule has 1 unspecified atom stereocenters. The Morgan fingerprint density at radius 1 is 1.64 bits per heavy atom. The molecule has 0 spiro atoms. The molecular formula is C10H17BrN2S. The van der Waals surface area contributed by atoms with Gasteiger partial charge in [0.2, 0.25) is 0 Å². The van der Waals surface area contributed by atoms with Gasteiger partial charge in [-0.05, 0) is 35.5 Å². The lowest BCUT2D eigenvalue weighted by atomic mass is 10.2. The van der Waals surface area contributed by atoms with Gasteiger partial charge in [0, 0.05) is 33.9 Å². The van der Waals surface area contributed by atoms with E-state index in [1.807, 2.05) is 0 Å². The van der Waals surface area contributed by atoms with Gasteiger partial charge in [-0.3, -0.25) is 4.90 Å². The fourth-order valence-corrected chi connectivity index (χ4v) is 2.83. The molecule has 0 aliphatic heterocycles. The van der Waals surface area contributed by atoms with Crippen LogP contribution in [-0.4, -0.2) is 24.5 Å². The summed E-state index contributed by atoms with van der Waals surface area (Å²) in [4.78, 5) is 3.65. The lowest BCUT2D eigenvalue weighted by Gasteiger charge is -2.19. The highest BCUT2D eigenvalue weighted by atomic mass is 79.9. The fraction of sp³-hybridized carbons (Fsp3) is 0.600. The molecule has 0 saturated carbocycles. The topological polar surface area (TPSA) is 29.3 Å². The Balaban J connectivity index is 2.37. The Morgan fingerprint density at radius 3 is 2.86 bits per heavy atom. The highest BCUT2D eigenvalue weighted by molar-refractivity contribution is 9.10. The van der Waals surface area contributed by atoms with E-state index >= 15 is 0 Å². The third-order valence-corrected chi connectivity index (χ3v) is 3.80. The number of likely N-dealkylation sites (N-methyl/N-ethyl adjacent to an activating group) is 1. The van der Waals surface area contributed by atoms with Crippen molar-refractivity contribution in [2.75, 3.05) is 13.6 Å². The summed E-state index contributed by atoms with van der Waals surface area (Å²) in [6.07, 6.45) is 1.04. The van der Waals surface area contributed by atoms with E-state index < -0.39 is 0 Å². The van der Waals surface area contributed by atoms with Crippen molar-refractivity contribution >= 4 is 27.3 Å². The predicted molar refractivity (Wildman–Crippen MR) is 66.6 cm³/mol. The molecule has 4 heteroatoms. The number of nitrogens with two attached hydrogens (primary N) is 1. The lowest BCUT2D eigenvalue weighted by Crippen LogP contribution is -2.34. The quantitative estimate of drug-likeness (QED) is 0.896. The Labute approximate surface area is 98.2 Å². The molecule has 0 radical (unpaired) electrons. The molecule has 0 fully saturated rings. The van der Waals surface area contributed by atoms with Crippen LogP contribution in [0.3, 0.4) is 0 Å². The van der Waals surface area contributed by atoms with Crippen molar-refractivity contribution < 1.29 is 0 Å². The third-order valence-electron chi connectivity index (χ3n) is 2.12. The van der Waals surface area contributed by atoms with Gasteiger partial charge in [-0.15, -0.1) is 11.3 Å². The molecule has 0 aromatic carbocycles. The first-order valence-corrected chi connectivity index (χ1v) is 6.46. The van der Waals surface area contributed by atoms with Crippen LogP contribution in [0.1, 0.15) is 18.2 Å². The summed E-state index contributed by atoms with van der Waals surface area (Å²) in [5, 5.41) is 2.11. The monoisotopic (exact) mass is 276 g/mol. The molecular weight excluding hydrogens is 260 g/mol. The number of halogens is 1. The number of hydrogen-bond donors (Lipinski definition) is 1. The minimum absolute atomic E-state index is 0.295. The van der Waals surface area contributed by atoms with E-state index in [9.17, 15) is 0 Å². The molecule has 1 atom stereocenters. The molecule has 1 aromatic rings. The lowest BCUT2D eigenvalue weighted by molar-refractivity contribution is 0.303. The second-order valence-electron chi connectivity index (χ2n) is 3.60. The number of thiophene rings is 1. The summed E-state index contributed by atoms with van der Waals surface area (Å²) in [5.41, 5.74) is 5.89. The van der Waals surface area contributed by atoms with Gasteiger partial charge in [-0.2, -0.15) is 0 Å². The maximum atomic E-state index is 5.89. The number of hydrogen-bond acceptors (Lipinski definition) is 3. The first-order chi connectivity index (χ1) is 6.61. The Bertz CT molecular complexity index is 275. The molecule has 2 N–H and O–H groups in total. The summed E-state index contributed by atoms with van der Waals surface area (Å²) in [6.45, 7) is 4.08. The first-order valence-electron chi connectivity index (χ1n) is 4.78. The molecule has 1 heterocycles. The zero-order chi connectivity index (χ0) is 10.6. The van der Waals surface area contributed by atoms with Crippen LogP contribution in [0.25, 0.3) is 0 Å². The van der Waals surface area contributed by atoms with Crippen LogP contribution in [0.4, 0.5) is 0 Å². The minimum Gasteiger partial charge on any atom is -0.327 e. The van der Waals surface area contributed by atoms with E-state index in [1.165, 1.54) is 9.35 Å². The van der Waals surface area contributed by atoms with Gasteiger partial charge in [0.25, 0.3) is 0 Å². The van der Waals surface area contributed by atoms with Crippen molar-refractivity contribution in [3.63, 3.8) is 0 Å². The molecule has 14 heavy (non-hydrogen) atoms. The van der Waals surface area contributed by atoms with Crippen molar-refractivity contribution in [1.29, 1.82) is 0 Å². The van der Waals surface area contributed by atoms with Crippen molar-refractivity contribution in [3.05, 3.63) is 20.8 Å². The van der Waals surface area contributed by atoms with E-state index in [0.29, 0.717) is 6.04 Å². The van der Waals surface area contributed by atoms with E-state index in [4.69, 9.17) is 5.73 Å². The van der Waals surface area contributed by atoms with E-state index in [2.05, 4.69) is 46.2 Å². The van der Waals surface area contributed by atoms with E-state index in [1.54, 1.807) is 11.3 Å². The zero-order valence-corrected chi connectivity index (χ0v) is 11.1. The maximum Gasteiger partial charge on any atom is 0.0325 e. The van der Waals surface area contributed by atoms with Crippen molar-refractivity contribution in [3.8, 4) is 0 Å². The molecule has 0 aliphatic carbocycles. The van der Waals surface area contributed by atoms with Crippen LogP contribution in [0, 0.1) is 0 Å². The molecule has 0 amide bonds. The third kappa shape index (κ3) is 4.09. The highest BCUT2D eigenvalue weighted by Gasteiger charge is 2.06. The van der Waals surface area contributed by atoms with Gasteiger partial charge >= 0.3 is 0 Å². The summed E-state index contributed by atoms with van der Waals surface area (Å²) in [6, 6.07) is 2.46. The summed E-state index contributed by atoms with van der Waals surface area (Å²) in [5.74, 6) is 0. The van der Waals surface area contributed by atoms with Crippen LogP contribution in [0.15, 0.2) is 15.9 Å². The molecule has 0 saturated heterocycles. The van der Waals surface area contributed by atoms with Gasteiger partial charge in [0.1, 0.15) is 0 Å². The molecule has 0 bridgehead atoms. The van der Waals surface area contributed by atoms with Gasteiger partial charge < -0.3 is 5.73 Å². The predicted octanol–water partition coefficient (Wildman–Crippen LogP) is 2.68. The minimum atomic E-state index is 0.295. The molecule has 2 nitrogen and oxygen atoms in total. The fourth-order valence-electron chi connectivity index (χ4n) is 1.30. The summed E-state index contributed by atoms with van der Waals surface area (Å²) < 4.78 is 1.17. The van der Waals surface area contributed by atoms with Gasteiger partial charge in [0.15, 0.2) is 0 Å². The Kier molecular flexibility index (Phi) is 5.09. The smallest absolute Gasteiger partial charge is 0.0325 e. The second-order valence-corrected chi connectivity index (χ2v) is 5.51. The van der Waals surface area contributed by atoms with Crippen molar-refractivity contribution in [2.24, 2.45) is 5.73 Å². The average Bonchev–Trinajstić information content (AvgIpc) is 2.50. The van der Waals surface area contributed by atoms with Gasteiger partial charge in [0.05, 0.1) is 0 Å². The Hall–Kier alpha value is 0.1000. The number of rotatable bonds is 5. The van der Waals surface area contributed by atoms with E-state index in [-0.39, 0.29) is 0 Å².